The highest BCUT2D eigenvalue weighted by Gasteiger charge is 2.41. The fourth-order valence-electron chi connectivity index (χ4n) is 19.0. The second kappa shape index (κ2) is 30.3. The molecule has 4 aromatic heterocycles. The molecule has 4 heterocycles. The van der Waals surface area contributed by atoms with Crippen molar-refractivity contribution in [2.24, 2.45) is 0 Å². The van der Waals surface area contributed by atoms with E-state index < -0.39 is 8.07 Å². The van der Waals surface area contributed by atoms with Crippen LogP contribution in [0.2, 0.25) is 0 Å². The Balaban J connectivity index is 0.000000151. The Morgan fingerprint density at radius 1 is 0.157 bits per heavy atom. The lowest BCUT2D eigenvalue weighted by molar-refractivity contribution is 1.18. The molecule has 0 aliphatic carbocycles. The van der Waals surface area contributed by atoms with E-state index >= 15 is 0 Å². The Labute approximate surface area is 703 Å². The summed E-state index contributed by atoms with van der Waals surface area (Å²) in [5.74, 6) is 0. The van der Waals surface area contributed by atoms with Crippen molar-refractivity contribution in [2.75, 3.05) is 0 Å². The monoisotopic (exact) mass is 1560 g/mol. The third-order valence-corrected chi connectivity index (χ3v) is 29.4. The van der Waals surface area contributed by atoms with Crippen LogP contribution >= 0.6 is 0 Å². The van der Waals surface area contributed by atoms with E-state index in [1.54, 1.807) is 0 Å². The number of para-hydroxylation sites is 4. The van der Waals surface area contributed by atoms with E-state index in [1.807, 2.05) is 24.3 Å². The third kappa shape index (κ3) is 12.5. The summed E-state index contributed by atoms with van der Waals surface area (Å²) in [6, 6.07) is 172. The van der Waals surface area contributed by atoms with Gasteiger partial charge in [0.2, 0.25) is 0 Å². The van der Waals surface area contributed by atoms with Gasteiger partial charge in [-0.3, -0.25) is 0 Å². The molecular weight excluding hydrogens is 1480 g/mol. The lowest BCUT2D eigenvalue weighted by Crippen LogP contribution is -2.74. The van der Waals surface area contributed by atoms with Crippen molar-refractivity contribution in [3.8, 4) is 95.6 Å². The number of nitrogens with zero attached hydrogens (tertiary/aromatic N) is 5. The standard InChI is InChI=1S/C66H46N2Si.C49H31N3/c1-5-19-47(20-6-1)49-21-17-22-50(43-49)48-35-39-53(40-36-48)67-63-33-15-13-31-59(63)61-44-51(37-41-65(61)67)52-38-42-66-62(45-52)60-32-14-16-34-64(60)68(66)54-23-18-30-58(46-54)69(55-24-7-2-8-25-55,56-26-9-3-10-27-56)57-28-11-4-12-29-57;50-32-33-17-23-40(24-18-33)51-46-15-6-4-13-42(46)44-30-38(21-27-48(44)51)39-22-28-49-45(31-39)43-14-5-7-16-47(43)52(49)41-25-19-35(20-26-41)37-12-8-11-36(29-37)34-9-2-1-3-10-34/h1-46H;1-31H. The molecule has 6 heteroatoms. The van der Waals surface area contributed by atoms with Gasteiger partial charge in [-0.05, 0) is 233 Å². The number of hydrogen-bond donors (Lipinski definition) is 0. The Hall–Kier alpha value is -15.9. The van der Waals surface area contributed by atoms with Crippen molar-refractivity contribution in [1.29, 1.82) is 5.26 Å². The molecule has 0 radical (unpaired) electrons. The fraction of sp³-hybridized carbons (Fsp3) is 0. The predicted octanol–water partition coefficient (Wildman–Crippen LogP) is 27.0. The van der Waals surface area contributed by atoms with Crippen LogP contribution in [0.15, 0.2) is 467 Å². The van der Waals surface area contributed by atoms with Gasteiger partial charge in [-0.2, -0.15) is 5.26 Å². The van der Waals surface area contributed by atoms with Gasteiger partial charge in [0.25, 0.3) is 0 Å². The first kappa shape index (κ1) is 71.6. The van der Waals surface area contributed by atoms with Gasteiger partial charge in [-0.15, -0.1) is 0 Å². The van der Waals surface area contributed by atoms with Crippen molar-refractivity contribution >= 4 is 116 Å². The second-order valence-corrected chi connectivity index (χ2v) is 35.2. The summed E-state index contributed by atoms with van der Waals surface area (Å²) >= 11 is 0. The molecular formula is C115H77N5Si. The summed E-state index contributed by atoms with van der Waals surface area (Å²) in [4.78, 5) is 0. The summed E-state index contributed by atoms with van der Waals surface area (Å²) in [7, 11) is -2.74. The second-order valence-electron chi connectivity index (χ2n) is 31.4. The van der Waals surface area contributed by atoms with Gasteiger partial charge >= 0.3 is 0 Å². The average molecular weight is 1560 g/mol. The molecule has 0 bridgehead atoms. The Bertz CT molecular complexity index is 7820. The maximum atomic E-state index is 9.35. The van der Waals surface area contributed by atoms with Crippen LogP contribution in [-0.2, 0) is 0 Å². The molecule has 121 heavy (non-hydrogen) atoms. The van der Waals surface area contributed by atoms with E-state index in [1.165, 1.54) is 164 Å². The van der Waals surface area contributed by atoms with Crippen LogP contribution < -0.4 is 20.7 Å². The lowest BCUT2D eigenvalue weighted by atomic mass is 9.99. The molecule has 0 saturated heterocycles. The molecule has 0 aliphatic heterocycles. The van der Waals surface area contributed by atoms with E-state index in [0.717, 1.165) is 33.8 Å². The topological polar surface area (TPSA) is 43.5 Å². The molecule has 19 aromatic carbocycles. The van der Waals surface area contributed by atoms with Gasteiger partial charge in [0.1, 0.15) is 0 Å². The lowest BCUT2D eigenvalue weighted by Gasteiger charge is -2.34. The number of benzene rings is 19. The minimum atomic E-state index is -2.74. The summed E-state index contributed by atoms with van der Waals surface area (Å²) in [5.41, 5.74) is 29.0. The number of fused-ring (bicyclic) bond motifs is 12. The highest BCUT2D eigenvalue weighted by Crippen LogP contribution is 2.43. The van der Waals surface area contributed by atoms with Crippen molar-refractivity contribution in [3.63, 3.8) is 0 Å². The predicted molar refractivity (Wildman–Crippen MR) is 511 cm³/mol. The molecule has 23 rings (SSSR count). The van der Waals surface area contributed by atoms with Crippen molar-refractivity contribution in [2.45, 2.75) is 0 Å². The molecule has 0 spiro atoms. The largest absolute Gasteiger partial charge is 0.309 e. The summed E-state index contributed by atoms with van der Waals surface area (Å²) < 4.78 is 9.55. The van der Waals surface area contributed by atoms with Crippen LogP contribution in [0.5, 0.6) is 0 Å². The zero-order valence-electron chi connectivity index (χ0n) is 66.2. The van der Waals surface area contributed by atoms with Crippen molar-refractivity contribution < 1.29 is 0 Å². The number of rotatable bonds is 14. The van der Waals surface area contributed by atoms with Crippen molar-refractivity contribution in [3.05, 3.63) is 473 Å². The molecule has 0 amide bonds. The smallest absolute Gasteiger partial charge is 0.179 e. The van der Waals surface area contributed by atoms with Crippen LogP contribution in [0.1, 0.15) is 5.56 Å². The van der Waals surface area contributed by atoms with Crippen molar-refractivity contribution in [1.82, 2.24) is 18.3 Å². The molecule has 0 fully saturated rings. The SMILES string of the molecule is N#Cc1ccc(-n2c3ccccc3c3cc(-c4ccc5c(c4)c4ccccc4n5-c4ccc(-c5cccc(-c6ccccc6)c5)cc4)ccc32)cc1.c1ccc(-c2cccc(-c3ccc(-n4c5ccccc5c5cc(-c6ccc7c(c6)c6ccccc6n7-c6cccc([Si](c7ccccc7)(c7ccccc7)c7ccccc7)c6)ccc54)cc3)c2)cc1. The normalized spacial score (nSPS) is 11.6. The highest BCUT2D eigenvalue weighted by atomic mass is 28.3. The van der Waals surface area contributed by atoms with Crippen LogP contribution in [0.3, 0.4) is 0 Å². The van der Waals surface area contributed by atoms with E-state index in [0.29, 0.717) is 5.56 Å². The first-order valence-corrected chi connectivity index (χ1v) is 43.4. The molecule has 566 valence electrons. The zero-order chi connectivity index (χ0) is 80.3. The first-order valence-electron chi connectivity index (χ1n) is 41.4. The van der Waals surface area contributed by atoms with Crippen LogP contribution in [0.25, 0.3) is 177 Å². The summed E-state index contributed by atoms with van der Waals surface area (Å²) in [5, 5.41) is 24.6. The third-order valence-electron chi connectivity index (χ3n) is 24.6. The molecule has 0 N–H and O–H groups in total. The van der Waals surface area contributed by atoms with Gasteiger partial charge in [0.05, 0.1) is 55.8 Å². The highest BCUT2D eigenvalue weighted by molar-refractivity contribution is 7.20. The summed E-state index contributed by atoms with van der Waals surface area (Å²) in [6.45, 7) is 0. The van der Waals surface area contributed by atoms with Gasteiger partial charge in [0.15, 0.2) is 8.07 Å². The van der Waals surface area contributed by atoms with Gasteiger partial charge in [0, 0.05) is 65.8 Å². The van der Waals surface area contributed by atoms with E-state index in [2.05, 4.69) is 467 Å². The molecule has 0 unspecified atom stereocenters. The molecule has 5 nitrogen and oxygen atoms in total. The van der Waals surface area contributed by atoms with E-state index in [9.17, 15) is 5.26 Å². The maximum Gasteiger partial charge on any atom is 0.179 e. The minimum absolute atomic E-state index is 0.658. The Morgan fingerprint density at radius 3 is 0.711 bits per heavy atom. The number of hydrogen-bond acceptors (Lipinski definition) is 1. The zero-order valence-corrected chi connectivity index (χ0v) is 67.2. The van der Waals surface area contributed by atoms with Crippen LogP contribution in [-0.4, -0.2) is 26.3 Å². The van der Waals surface area contributed by atoms with Gasteiger partial charge < -0.3 is 18.3 Å². The average Bonchev–Trinajstić information content (AvgIpc) is 1.67. The fourth-order valence-corrected chi connectivity index (χ4v) is 23.8. The molecule has 0 atom stereocenters. The Kier molecular flexibility index (Phi) is 17.9. The van der Waals surface area contributed by atoms with E-state index in [-0.39, 0.29) is 0 Å². The quantitative estimate of drug-likeness (QED) is 0.0790. The summed E-state index contributed by atoms with van der Waals surface area (Å²) in [6.07, 6.45) is 0. The van der Waals surface area contributed by atoms with Gasteiger partial charge in [-0.1, -0.05) is 322 Å². The first-order chi connectivity index (χ1) is 59.9. The minimum Gasteiger partial charge on any atom is -0.309 e. The number of nitriles is 1. The molecule has 23 aromatic rings. The van der Waals surface area contributed by atoms with Gasteiger partial charge in [-0.25, -0.2) is 0 Å². The van der Waals surface area contributed by atoms with Crippen LogP contribution in [0, 0.1) is 11.3 Å². The Morgan fingerprint density at radius 2 is 0.388 bits per heavy atom. The van der Waals surface area contributed by atoms with E-state index in [4.69, 9.17) is 0 Å². The number of aromatic nitrogens is 4. The molecule has 0 aliphatic rings. The maximum absolute atomic E-state index is 9.35. The molecule has 0 saturated carbocycles. The van der Waals surface area contributed by atoms with Crippen LogP contribution in [0.4, 0.5) is 0 Å².